The zero-order valence-corrected chi connectivity index (χ0v) is 8.08. The Balaban J connectivity index is 2.43. The molecule has 1 heterocycles. The molecule has 3 nitrogen and oxygen atoms in total. The molecular weight excluding hydrogens is 178 g/mol. The molecule has 0 amide bonds. The number of hydrogen-bond donors (Lipinski definition) is 2. The van der Waals surface area contributed by atoms with Crippen molar-refractivity contribution < 1.29 is 9.84 Å². The summed E-state index contributed by atoms with van der Waals surface area (Å²) in [4.78, 5) is 3.11. The number of aromatic nitrogens is 1. The highest BCUT2D eigenvalue weighted by molar-refractivity contribution is 5.81. The van der Waals surface area contributed by atoms with Crippen LogP contribution >= 0.6 is 0 Å². The van der Waals surface area contributed by atoms with Crippen LogP contribution in [0.5, 0.6) is 5.75 Å². The molecule has 2 rings (SSSR count). The summed E-state index contributed by atoms with van der Waals surface area (Å²) in [5.74, 6) is 0.864. The Bertz CT molecular complexity index is 434. The van der Waals surface area contributed by atoms with Crippen molar-refractivity contribution >= 4 is 10.9 Å². The molecule has 0 atom stereocenters. The second-order valence-electron chi connectivity index (χ2n) is 3.13. The lowest BCUT2D eigenvalue weighted by Crippen LogP contribution is -1.90. The van der Waals surface area contributed by atoms with Gasteiger partial charge in [0.2, 0.25) is 0 Å². The maximum atomic E-state index is 8.95. The summed E-state index contributed by atoms with van der Waals surface area (Å²) < 4.78 is 5.38. The first-order chi connectivity index (χ1) is 6.83. The van der Waals surface area contributed by atoms with Crippen LogP contribution in [0.1, 0.15) is 12.6 Å². The third kappa shape index (κ3) is 1.59. The fourth-order valence-corrected chi connectivity index (χ4v) is 1.51. The Kier molecular flexibility index (Phi) is 2.41. The van der Waals surface area contributed by atoms with Crippen LogP contribution in [-0.4, -0.2) is 16.7 Å². The smallest absolute Gasteiger partial charge is 0.120 e. The molecule has 0 fully saturated rings. The van der Waals surface area contributed by atoms with Crippen molar-refractivity contribution in [3.05, 3.63) is 30.0 Å². The average molecular weight is 191 g/mol. The van der Waals surface area contributed by atoms with E-state index in [0.717, 1.165) is 22.3 Å². The minimum absolute atomic E-state index is 0.0403. The van der Waals surface area contributed by atoms with Gasteiger partial charge in [0.25, 0.3) is 0 Å². The van der Waals surface area contributed by atoms with E-state index in [2.05, 4.69) is 4.98 Å². The predicted molar refractivity (Wildman–Crippen MR) is 55.4 cm³/mol. The molecule has 74 valence electrons. The number of rotatable bonds is 3. The van der Waals surface area contributed by atoms with Gasteiger partial charge >= 0.3 is 0 Å². The lowest BCUT2D eigenvalue weighted by atomic mass is 10.2. The van der Waals surface area contributed by atoms with Gasteiger partial charge in [-0.05, 0) is 31.2 Å². The first-order valence-electron chi connectivity index (χ1n) is 4.69. The third-order valence-corrected chi connectivity index (χ3v) is 2.13. The summed E-state index contributed by atoms with van der Waals surface area (Å²) in [5, 5.41) is 10.0. The van der Waals surface area contributed by atoms with E-state index >= 15 is 0 Å². The fourth-order valence-electron chi connectivity index (χ4n) is 1.51. The van der Waals surface area contributed by atoms with Crippen molar-refractivity contribution in [1.29, 1.82) is 0 Å². The maximum Gasteiger partial charge on any atom is 0.120 e. The standard InChI is InChI=1S/C11H13NO2/c1-2-14-10-3-4-11-8(6-10)5-9(7-13)12-11/h3-6,12-13H,2,7H2,1H3. The number of aliphatic hydroxyl groups is 1. The van der Waals surface area contributed by atoms with Crippen molar-refractivity contribution in [3.63, 3.8) is 0 Å². The Morgan fingerprint density at radius 3 is 2.93 bits per heavy atom. The first-order valence-corrected chi connectivity index (χ1v) is 4.69. The molecule has 0 radical (unpaired) electrons. The van der Waals surface area contributed by atoms with Gasteiger partial charge in [-0.2, -0.15) is 0 Å². The van der Waals surface area contributed by atoms with Gasteiger partial charge in [0.15, 0.2) is 0 Å². The average Bonchev–Trinajstić information content (AvgIpc) is 2.60. The Hall–Kier alpha value is -1.48. The zero-order valence-electron chi connectivity index (χ0n) is 8.08. The summed E-state index contributed by atoms with van der Waals surface area (Å²) in [5.41, 5.74) is 1.85. The van der Waals surface area contributed by atoms with E-state index in [1.807, 2.05) is 31.2 Å². The van der Waals surface area contributed by atoms with Crippen LogP contribution in [0.2, 0.25) is 0 Å². The minimum atomic E-state index is 0.0403. The Morgan fingerprint density at radius 1 is 1.36 bits per heavy atom. The van der Waals surface area contributed by atoms with Crippen LogP contribution in [0, 0.1) is 0 Å². The van der Waals surface area contributed by atoms with Gasteiger partial charge in [0.05, 0.1) is 13.2 Å². The van der Waals surface area contributed by atoms with Crippen molar-refractivity contribution in [2.45, 2.75) is 13.5 Å². The zero-order chi connectivity index (χ0) is 9.97. The minimum Gasteiger partial charge on any atom is -0.494 e. The van der Waals surface area contributed by atoms with E-state index < -0.39 is 0 Å². The summed E-state index contributed by atoms with van der Waals surface area (Å²) >= 11 is 0. The largest absolute Gasteiger partial charge is 0.494 e. The van der Waals surface area contributed by atoms with Crippen LogP contribution < -0.4 is 4.74 Å². The maximum absolute atomic E-state index is 8.95. The third-order valence-electron chi connectivity index (χ3n) is 2.13. The van der Waals surface area contributed by atoms with Gasteiger partial charge in [0, 0.05) is 16.6 Å². The van der Waals surface area contributed by atoms with Gasteiger partial charge in [-0.3, -0.25) is 0 Å². The summed E-state index contributed by atoms with van der Waals surface area (Å²) in [6, 6.07) is 7.77. The molecule has 1 aromatic heterocycles. The van der Waals surface area contributed by atoms with Crippen LogP contribution in [-0.2, 0) is 6.61 Å². The molecule has 0 unspecified atom stereocenters. The highest BCUT2D eigenvalue weighted by atomic mass is 16.5. The van der Waals surface area contributed by atoms with Crippen LogP contribution in [0.25, 0.3) is 10.9 Å². The van der Waals surface area contributed by atoms with Crippen molar-refractivity contribution in [3.8, 4) is 5.75 Å². The summed E-state index contributed by atoms with van der Waals surface area (Å²) in [6.45, 7) is 2.67. The number of aliphatic hydroxyl groups excluding tert-OH is 1. The predicted octanol–water partition coefficient (Wildman–Crippen LogP) is 2.06. The number of ether oxygens (including phenoxy) is 1. The molecule has 14 heavy (non-hydrogen) atoms. The highest BCUT2D eigenvalue weighted by Gasteiger charge is 2.00. The SMILES string of the molecule is CCOc1ccc2[nH]c(CO)cc2c1. The molecule has 1 aromatic carbocycles. The Morgan fingerprint density at radius 2 is 2.21 bits per heavy atom. The molecule has 0 aliphatic carbocycles. The second kappa shape index (κ2) is 3.72. The highest BCUT2D eigenvalue weighted by Crippen LogP contribution is 2.21. The molecule has 0 saturated heterocycles. The number of H-pyrrole nitrogens is 1. The lowest BCUT2D eigenvalue weighted by molar-refractivity contribution is 0.278. The van der Waals surface area contributed by atoms with Crippen molar-refractivity contribution in [2.24, 2.45) is 0 Å². The molecule has 0 bridgehead atoms. The summed E-state index contributed by atoms with van der Waals surface area (Å²) in [6.07, 6.45) is 0. The van der Waals surface area contributed by atoms with Crippen LogP contribution in [0.15, 0.2) is 24.3 Å². The lowest BCUT2D eigenvalue weighted by Gasteiger charge is -2.01. The number of nitrogens with one attached hydrogen (secondary N) is 1. The quantitative estimate of drug-likeness (QED) is 0.780. The topological polar surface area (TPSA) is 45.2 Å². The van der Waals surface area contributed by atoms with Crippen molar-refractivity contribution in [1.82, 2.24) is 4.98 Å². The van der Waals surface area contributed by atoms with Crippen LogP contribution in [0.3, 0.4) is 0 Å². The molecule has 0 saturated carbocycles. The van der Waals surface area contributed by atoms with Gasteiger partial charge in [0.1, 0.15) is 5.75 Å². The number of fused-ring (bicyclic) bond motifs is 1. The first kappa shape index (κ1) is 9.09. The Labute approximate surface area is 82.3 Å². The van der Waals surface area contributed by atoms with Gasteiger partial charge < -0.3 is 14.8 Å². The van der Waals surface area contributed by atoms with Gasteiger partial charge in [-0.15, -0.1) is 0 Å². The molecule has 2 N–H and O–H groups in total. The van der Waals surface area contributed by atoms with E-state index in [1.165, 1.54) is 0 Å². The monoisotopic (exact) mass is 191 g/mol. The van der Waals surface area contributed by atoms with Gasteiger partial charge in [-0.1, -0.05) is 0 Å². The van der Waals surface area contributed by atoms with E-state index in [0.29, 0.717) is 6.61 Å². The molecule has 0 aliphatic rings. The molecular formula is C11H13NO2. The molecule has 2 aromatic rings. The van der Waals surface area contributed by atoms with E-state index in [1.54, 1.807) is 0 Å². The van der Waals surface area contributed by atoms with Gasteiger partial charge in [-0.25, -0.2) is 0 Å². The summed E-state index contributed by atoms with van der Waals surface area (Å²) in [7, 11) is 0. The van der Waals surface area contributed by atoms with Crippen molar-refractivity contribution in [2.75, 3.05) is 6.61 Å². The molecule has 0 aliphatic heterocycles. The number of aromatic amines is 1. The van der Waals surface area contributed by atoms with Crippen LogP contribution in [0.4, 0.5) is 0 Å². The second-order valence-corrected chi connectivity index (χ2v) is 3.13. The molecule has 3 heteroatoms. The normalized spacial score (nSPS) is 10.7. The molecule has 0 spiro atoms. The number of hydrogen-bond acceptors (Lipinski definition) is 2. The van der Waals surface area contributed by atoms with E-state index in [4.69, 9.17) is 9.84 Å². The van der Waals surface area contributed by atoms with E-state index in [9.17, 15) is 0 Å². The fraction of sp³-hybridized carbons (Fsp3) is 0.273. The van der Waals surface area contributed by atoms with E-state index in [-0.39, 0.29) is 6.61 Å². The number of benzene rings is 1.